The minimum atomic E-state index is -1.82. The average Bonchev–Trinajstić information content (AvgIpc) is 3.28. The Morgan fingerprint density at radius 2 is 1.77 bits per heavy atom. The Bertz CT molecular complexity index is 860. The lowest BCUT2D eigenvalue weighted by Crippen LogP contribution is -2.34. The fourth-order valence-corrected chi connectivity index (χ4v) is 5.70. The topological polar surface area (TPSA) is 87.1 Å². The number of benzene rings is 1. The Balaban J connectivity index is 0.000000401. The van der Waals surface area contributed by atoms with Crippen LogP contribution in [0.15, 0.2) is 35.7 Å². The van der Waals surface area contributed by atoms with E-state index >= 15 is 0 Å². The fourth-order valence-electron chi connectivity index (χ4n) is 4.69. The number of piperidine rings is 1. The lowest BCUT2D eigenvalue weighted by atomic mass is 9.85. The Morgan fingerprint density at radius 3 is 2.45 bits per heavy atom. The second kappa shape index (κ2) is 11.3. The van der Waals surface area contributed by atoms with Crippen molar-refractivity contribution in [3.63, 3.8) is 0 Å². The number of para-hydroxylation sites is 1. The second-order valence-electron chi connectivity index (χ2n) is 8.15. The van der Waals surface area contributed by atoms with Gasteiger partial charge in [0.25, 0.3) is 0 Å². The molecular weight excluding hydrogens is 414 g/mol. The third kappa shape index (κ3) is 6.31. The van der Waals surface area contributed by atoms with Crippen LogP contribution in [0.5, 0.6) is 5.75 Å². The number of carboxylic acids is 2. The standard InChI is InChI=1S/C22H29NOS.C2H2O4/c1-24-21-7-3-2-6-19(21)18-10-14-23(15-11-18)13-9-17-5-4-8-22-20(17)12-16-25-22;3-1(4)2(5)6/h2-3,6-7,12,16-18H,4-5,8-11,13-15H2,1H3;(H,3,4)(H,5,6). The first-order valence-corrected chi connectivity index (χ1v) is 11.7. The van der Waals surface area contributed by atoms with Crippen LogP contribution in [0.1, 0.15) is 59.9 Å². The largest absolute Gasteiger partial charge is 0.496 e. The first-order valence-electron chi connectivity index (χ1n) is 10.9. The third-order valence-corrected chi connectivity index (χ3v) is 7.32. The van der Waals surface area contributed by atoms with Crippen molar-refractivity contribution in [2.45, 2.75) is 50.4 Å². The Morgan fingerprint density at radius 1 is 1.06 bits per heavy atom. The normalized spacial score (nSPS) is 19.1. The van der Waals surface area contributed by atoms with Crippen molar-refractivity contribution in [1.82, 2.24) is 4.90 Å². The van der Waals surface area contributed by atoms with Crippen molar-refractivity contribution in [3.8, 4) is 5.75 Å². The number of nitrogens with zero attached hydrogens (tertiary/aromatic N) is 1. The quantitative estimate of drug-likeness (QED) is 0.654. The maximum absolute atomic E-state index is 9.10. The van der Waals surface area contributed by atoms with Crippen LogP contribution in [0.3, 0.4) is 0 Å². The molecule has 0 radical (unpaired) electrons. The van der Waals surface area contributed by atoms with E-state index in [-0.39, 0.29) is 0 Å². The molecule has 1 aliphatic carbocycles. The van der Waals surface area contributed by atoms with Crippen LogP contribution in [0.25, 0.3) is 0 Å². The molecule has 2 aromatic rings. The number of thiophene rings is 1. The van der Waals surface area contributed by atoms with Crippen molar-refractivity contribution in [2.24, 2.45) is 0 Å². The van der Waals surface area contributed by atoms with E-state index in [0.29, 0.717) is 5.92 Å². The Hall–Kier alpha value is -2.38. The van der Waals surface area contributed by atoms with Crippen LogP contribution in [0, 0.1) is 0 Å². The molecule has 168 valence electrons. The van der Waals surface area contributed by atoms with Crippen molar-refractivity contribution >= 4 is 23.3 Å². The van der Waals surface area contributed by atoms with Crippen molar-refractivity contribution in [2.75, 3.05) is 26.7 Å². The van der Waals surface area contributed by atoms with E-state index in [1.165, 1.54) is 63.7 Å². The molecule has 1 unspecified atom stereocenters. The number of likely N-dealkylation sites (tertiary alicyclic amines) is 1. The summed E-state index contributed by atoms with van der Waals surface area (Å²) in [7, 11) is 1.79. The van der Waals surface area contributed by atoms with Gasteiger partial charge in [-0.3, -0.25) is 0 Å². The van der Waals surface area contributed by atoms with Gasteiger partial charge >= 0.3 is 11.9 Å². The van der Waals surface area contributed by atoms with Gasteiger partial charge in [0, 0.05) is 4.88 Å². The molecule has 7 heteroatoms. The van der Waals surface area contributed by atoms with Crippen LogP contribution >= 0.6 is 11.3 Å². The summed E-state index contributed by atoms with van der Waals surface area (Å²) in [6.45, 7) is 3.72. The molecule has 0 spiro atoms. The molecule has 31 heavy (non-hydrogen) atoms. The molecule has 1 aromatic heterocycles. The average molecular weight is 446 g/mol. The number of aliphatic carboxylic acids is 2. The van der Waals surface area contributed by atoms with Gasteiger partial charge in [-0.15, -0.1) is 11.3 Å². The smallest absolute Gasteiger partial charge is 0.414 e. The van der Waals surface area contributed by atoms with E-state index in [4.69, 9.17) is 24.5 Å². The van der Waals surface area contributed by atoms with Gasteiger partial charge in [-0.05, 0) is 98.6 Å². The maximum atomic E-state index is 9.10. The summed E-state index contributed by atoms with van der Waals surface area (Å²) < 4.78 is 5.57. The van der Waals surface area contributed by atoms with Gasteiger partial charge in [0.2, 0.25) is 0 Å². The van der Waals surface area contributed by atoms with Gasteiger partial charge in [-0.1, -0.05) is 18.2 Å². The molecule has 0 amide bonds. The summed E-state index contributed by atoms with van der Waals surface area (Å²) in [4.78, 5) is 22.5. The van der Waals surface area contributed by atoms with Crippen LogP contribution in [0.4, 0.5) is 0 Å². The summed E-state index contributed by atoms with van der Waals surface area (Å²) in [6.07, 6.45) is 7.94. The monoisotopic (exact) mass is 445 g/mol. The summed E-state index contributed by atoms with van der Waals surface area (Å²) in [5.74, 6) is -1.12. The molecule has 2 heterocycles. The maximum Gasteiger partial charge on any atom is 0.414 e. The lowest BCUT2D eigenvalue weighted by Gasteiger charge is -2.34. The van der Waals surface area contributed by atoms with Crippen LogP contribution in [-0.2, 0) is 16.0 Å². The fraction of sp³-hybridized carbons (Fsp3) is 0.500. The second-order valence-corrected chi connectivity index (χ2v) is 9.15. The minimum absolute atomic E-state index is 0.658. The number of carbonyl (C=O) groups is 2. The number of aryl methyl sites for hydroxylation is 1. The molecular formula is C24H31NO5S. The molecule has 1 fully saturated rings. The van der Waals surface area contributed by atoms with E-state index < -0.39 is 11.9 Å². The van der Waals surface area contributed by atoms with E-state index in [2.05, 4.69) is 40.6 Å². The SMILES string of the molecule is COc1ccccc1C1CCN(CCC2CCCc3sccc32)CC1.O=C(O)C(=O)O. The first-order chi connectivity index (χ1) is 15.0. The highest BCUT2D eigenvalue weighted by Crippen LogP contribution is 2.38. The molecule has 6 nitrogen and oxygen atoms in total. The Kier molecular flexibility index (Phi) is 8.49. The van der Waals surface area contributed by atoms with E-state index in [0.717, 1.165) is 11.7 Å². The molecule has 1 aromatic carbocycles. The molecule has 2 aliphatic rings. The van der Waals surface area contributed by atoms with Gasteiger partial charge in [0.05, 0.1) is 7.11 Å². The molecule has 4 rings (SSSR count). The van der Waals surface area contributed by atoms with Crippen LogP contribution in [0.2, 0.25) is 0 Å². The molecule has 1 atom stereocenters. The van der Waals surface area contributed by atoms with Gasteiger partial charge in [-0.25, -0.2) is 9.59 Å². The summed E-state index contributed by atoms with van der Waals surface area (Å²) in [6, 6.07) is 11.0. The molecule has 0 bridgehead atoms. The van der Waals surface area contributed by atoms with E-state index in [1.807, 2.05) is 11.3 Å². The number of fused-ring (bicyclic) bond motifs is 1. The van der Waals surface area contributed by atoms with Gasteiger partial charge in [-0.2, -0.15) is 0 Å². The van der Waals surface area contributed by atoms with Crippen LogP contribution < -0.4 is 4.74 Å². The lowest BCUT2D eigenvalue weighted by molar-refractivity contribution is -0.159. The van der Waals surface area contributed by atoms with Gasteiger partial charge in [0.15, 0.2) is 0 Å². The highest BCUT2D eigenvalue weighted by atomic mass is 32.1. The predicted octanol–water partition coefficient (Wildman–Crippen LogP) is 4.60. The number of carboxylic acid groups (broad SMARTS) is 2. The highest BCUT2D eigenvalue weighted by molar-refractivity contribution is 7.10. The summed E-state index contributed by atoms with van der Waals surface area (Å²) in [5.41, 5.74) is 3.07. The number of hydrogen-bond acceptors (Lipinski definition) is 5. The molecule has 1 aliphatic heterocycles. The van der Waals surface area contributed by atoms with E-state index in [1.54, 1.807) is 17.6 Å². The zero-order valence-electron chi connectivity index (χ0n) is 18.0. The molecule has 2 N–H and O–H groups in total. The number of methoxy groups -OCH3 is 1. The molecule has 0 saturated carbocycles. The minimum Gasteiger partial charge on any atom is -0.496 e. The number of rotatable bonds is 5. The zero-order chi connectivity index (χ0) is 22.2. The van der Waals surface area contributed by atoms with Crippen molar-refractivity contribution in [3.05, 3.63) is 51.7 Å². The Labute approximate surface area is 187 Å². The van der Waals surface area contributed by atoms with Crippen molar-refractivity contribution < 1.29 is 24.5 Å². The number of hydrogen-bond donors (Lipinski definition) is 2. The van der Waals surface area contributed by atoms with Crippen molar-refractivity contribution in [1.29, 1.82) is 0 Å². The van der Waals surface area contributed by atoms with Crippen LogP contribution in [-0.4, -0.2) is 53.8 Å². The van der Waals surface area contributed by atoms with E-state index in [9.17, 15) is 0 Å². The predicted molar refractivity (Wildman–Crippen MR) is 121 cm³/mol. The first kappa shape index (κ1) is 23.3. The highest BCUT2D eigenvalue weighted by Gasteiger charge is 2.25. The third-order valence-electron chi connectivity index (χ3n) is 6.32. The summed E-state index contributed by atoms with van der Waals surface area (Å²) in [5, 5.41) is 17.1. The zero-order valence-corrected chi connectivity index (χ0v) is 18.8. The van der Waals surface area contributed by atoms with Gasteiger partial charge < -0.3 is 19.8 Å². The summed E-state index contributed by atoms with van der Waals surface area (Å²) >= 11 is 1.97. The number of ether oxygens (including phenoxy) is 1. The van der Waals surface area contributed by atoms with Gasteiger partial charge in [0.1, 0.15) is 5.75 Å². The molecule has 1 saturated heterocycles.